The minimum absolute atomic E-state index is 0.728. The van der Waals surface area contributed by atoms with Crippen LogP contribution < -0.4 is 0 Å². The van der Waals surface area contributed by atoms with Crippen molar-refractivity contribution < 1.29 is 0 Å². The predicted molar refractivity (Wildman–Crippen MR) is 85.7 cm³/mol. The van der Waals surface area contributed by atoms with Gasteiger partial charge in [-0.05, 0) is 23.2 Å². The highest BCUT2D eigenvalue weighted by Gasteiger charge is 2.16. The molecular weight excluding hydrogens is 294 g/mol. The second-order valence-corrected chi connectivity index (χ2v) is 5.27. The Morgan fingerprint density at radius 2 is 1.86 bits per heavy atom. The lowest BCUT2D eigenvalue weighted by molar-refractivity contribution is 0.804. The van der Waals surface area contributed by atoms with Crippen molar-refractivity contribution in [3.8, 4) is 28.2 Å². The maximum atomic E-state index is 4.38. The highest BCUT2D eigenvalue weighted by atomic mass is 32.1. The van der Waals surface area contributed by atoms with Gasteiger partial charge in [-0.15, -0.1) is 5.10 Å². The van der Waals surface area contributed by atoms with Crippen molar-refractivity contribution in [2.45, 2.75) is 0 Å². The summed E-state index contributed by atoms with van der Waals surface area (Å²) < 4.78 is 6.14. The first kappa shape index (κ1) is 12.8. The third kappa shape index (κ3) is 2.19. The molecule has 106 valence electrons. The predicted octanol–water partition coefficient (Wildman–Crippen LogP) is 3.45. The molecule has 0 bridgehead atoms. The van der Waals surface area contributed by atoms with E-state index < -0.39 is 0 Å². The molecule has 2 heterocycles. The van der Waals surface area contributed by atoms with Crippen LogP contribution in [0.1, 0.15) is 0 Å². The van der Waals surface area contributed by atoms with Crippen molar-refractivity contribution in [3.05, 3.63) is 66.4 Å². The summed E-state index contributed by atoms with van der Waals surface area (Å²) in [5.74, 6) is 0.728. The third-order valence-electron chi connectivity index (χ3n) is 3.38. The maximum Gasteiger partial charge on any atom is 0.173 e. The van der Waals surface area contributed by atoms with E-state index in [1.165, 1.54) is 11.5 Å². The SMILES string of the molecule is c1ccc(-c2c(-c3ncsn3)cccc2-n2ccnn2)cc1. The van der Waals surface area contributed by atoms with Gasteiger partial charge in [0.15, 0.2) is 5.82 Å². The van der Waals surface area contributed by atoms with Gasteiger partial charge in [-0.3, -0.25) is 0 Å². The fourth-order valence-corrected chi connectivity index (χ4v) is 2.89. The molecule has 0 saturated carbocycles. The minimum atomic E-state index is 0.728. The summed E-state index contributed by atoms with van der Waals surface area (Å²) in [6.45, 7) is 0. The van der Waals surface area contributed by atoms with Crippen molar-refractivity contribution >= 4 is 11.5 Å². The zero-order chi connectivity index (χ0) is 14.8. The van der Waals surface area contributed by atoms with Gasteiger partial charge in [0.05, 0.1) is 18.1 Å². The molecule has 4 rings (SSSR count). The monoisotopic (exact) mass is 305 g/mol. The van der Waals surface area contributed by atoms with E-state index in [0.717, 1.165) is 28.2 Å². The molecule has 0 aliphatic carbocycles. The van der Waals surface area contributed by atoms with E-state index in [1.54, 1.807) is 16.4 Å². The quantitative estimate of drug-likeness (QED) is 0.581. The Morgan fingerprint density at radius 1 is 0.955 bits per heavy atom. The molecule has 0 spiro atoms. The van der Waals surface area contributed by atoms with Crippen LogP contribution in [-0.2, 0) is 0 Å². The Morgan fingerprint density at radius 3 is 2.59 bits per heavy atom. The highest BCUT2D eigenvalue weighted by molar-refractivity contribution is 7.03. The molecule has 0 saturated heterocycles. The van der Waals surface area contributed by atoms with E-state index in [2.05, 4.69) is 31.8 Å². The van der Waals surface area contributed by atoms with Crippen LogP contribution in [0.4, 0.5) is 0 Å². The highest BCUT2D eigenvalue weighted by Crippen LogP contribution is 2.35. The van der Waals surface area contributed by atoms with Crippen LogP contribution in [-0.4, -0.2) is 24.4 Å². The molecule has 0 aliphatic rings. The lowest BCUT2D eigenvalue weighted by atomic mass is 9.97. The molecule has 22 heavy (non-hydrogen) atoms. The Labute approximate surface area is 131 Å². The van der Waals surface area contributed by atoms with Crippen LogP contribution in [0.5, 0.6) is 0 Å². The number of benzene rings is 2. The summed E-state index contributed by atoms with van der Waals surface area (Å²) in [4.78, 5) is 4.36. The first-order chi connectivity index (χ1) is 10.9. The molecule has 5 nitrogen and oxygen atoms in total. The van der Waals surface area contributed by atoms with Crippen molar-refractivity contribution in [2.24, 2.45) is 0 Å². The second-order valence-electron chi connectivity index (χ2n) is 4.67. The van der Waals surface area contributed by atoms with E-state index in [0.29, 0.717) is 0 Å². The van der Waals surface area contributed by atoms with Gasteiger partial charge in [0.2, 0.25) is 0 Å². The first-order valence-electron chi connectivity index (χ1n) is 6.75. The van der Waals surface area contributed by atoms with Gasteiger partial charge >= 0.3 is 0 Å². The second kappa shape index (κ2) is 5.50. The normalized spacial score (nSPS) is 10.7. The molecule has 0 atom stereocenters. The Bertz CT molecular complexity index is 818. The lowest BCUT2D eigenvalue weighted by Gasteiger charge is -2.13. The fourth-order valence-electron chi connectivity index (χ4n) is 2.45. The fraction of sp³-hybridized carbons (Fsp3) is 0. The van der Waals surface area contributed by atoms with Gasteiger partial charge in [0, 0.05) is 11.1 Å². The average Bonchev–Trinajstić information content (AvgIpc) is 3.28. The third-order valence-corrected chi connectivity index (χ3v) is 3.85. The summed E-state index contributed by atoms with van der Waals surface area (Å²) in [6.07, 6.45) is 3.50. The smallest absolute Gasteiger partial charge is 0.173 e. The Hall–Kier alpha value is -2.86. The van der Waals surface area contributed by atoms with Gasteiger partial charge in [-0.2, -0.15) is 4.37 Å². The van der Waals surface area contributed by atoms with Gasteiger partial charge in [0.25, 0.3) is 0 Å². The topological polar surface area (TPSA) is 56.5 Å². The van der Waals surface area contributed by atoms with Crippen molar-refractivity contribution in [1.82, 2.24) is 24.4 Å². The largest absolute Gasteiger partial charge is 0.223 e. The minimum Gasteiger partial charge on any atom is -0.223 e. The molecule has 2 aromatic carbocycles. The van der Waals surface area contributed by atoms with Crippen LogP contribution in [0, 0.1) is 0 Å². The summed E-state index contributed by atoms with van der Waals surface area (Å²) in [5.41, 5.74) is 5.83. The summed E-state index contributed by atoms with van der Waals surface area (Å²) in [7, 11) is 0. The molecule has 0 N–H and O–H groups in total. The van der Waals surface area contributed by atoms with Crippen LogP contribution in [0.15, 0.2) is 66.4 Å². The zero-order valence-electron chi connectivity index (χ0n) is 11.5. The summed E-state index contributed by atoms with van der Waals surface area (Å²) in [6, 6.07) is 16.2. The Kier molecular flexibility index (Phi) is 3.21. The van der Waals surface area contributed by atoms with Gasteiger partial charge in [0.1, 0.15) is 5.51 Å². The molecule has 2 aromatic heterocycles. The van der Waals surface area contributed by atoms with Crippen molar-refractivity contribution in [1.29, 1.82) is 0 Å². The molecule has 4 aromatic rings. The van der Waals surface area contributed by atoms with Gasteiger partial charge < -0.3 is 0 Å². The van der Waals surface area contributed by atoms with E-state index >= 15 is 0 Å². The molecule has 0 aliphatic heterocycles. The van der Waals surface area contributed by atoms with Crippen molar-refractivity contribution in [3.63, 3.8) is 0 Å². The van der Waals surface area contributed by atoms with E-state index in [-0.39, 0.29) is 0 Å². The standard InChI is InChI=1S/C16H11N5S/c1-2-5-12(6-3-1)15-13(16-17-11-22-19-16)7-4-8-14(15)21-10-9-18-20-21/h1-11H. The molecule has 0 amide bonds. The number of nitrogens with zero attached hydrogens (tertiary/aromatic N) is 5. The molecule has 0 fully saturated rings. The van der Waals surface area contributed by atoms with E-state index in [4.69, 9.17) is 0 Å². The van der Waals surface area contributed by atoms with Crippen LogP contribution >= 0.6 is 11.5 Å². The lowest BCUT2D eigenvalue weighted by Crippen LogP contribution is -2.00. The Balaban J connectivity index is 2.03. The number of aromatic nitrogens is 5. The number of hydrogen-bond donors (Lipinski definition) is 0. The van der Waals surface area contributed by atoms with Crippen LogP contribution in [0.2, 0.25) is 0 Å². The summed E-state index contributed by atoms with van der Waals surface area (Å²) in [5, 5.41) is 8.03. The number of rotatable bonds is 3. The molecule has 6 heteroatoms. The first-order valence-corrected chi connectivity index (χ1v) is 7.59. The average molecular weight is 305 g/mol. The van der Waals surface area contributed by atoms with E-state index in [1.807, 2.05) is 42.6 Å². The zero-order valence-corrected chi connectivity index (χ0v) is 12.3. The van der Waals surface area contributed by atoms with E-state index in [9.17, 15) is 0 Å². The maximum absolute atomic E-state index is 4.38. The van der Waals surface area contributed by atoms with Crippen LogP contribution in [0.25, 0.3) is 28.2 Å². The number of hydrogen-bond acceptors (Lipinski definition) is 5. The van der Waals surface area contributed by atoms with Crippen molar-refractivity contribution in [2.75, 3.05) is 0 Å². The molecule has 0 radical (unpaired) electrons. The molecule has 0 unspecified atom stereocenters. The molecular formula is C16H11N5S. The van der Waals surface area contributed by atoms with Crippen LogP contribution in [0.3, 0.4) is 0 Å². The summed E-state index contributed by atoms with van der Waals surface area (Å²) >= 11 is 1.35. The van der Waals surface area contributed by atoms with Gasteiger partial charge in [-0.1, -0.05) is 47.7 Å². The van der Waals surface area contributed by atoms with Gasteiger partial charge in [-0.25, -0.2) is 9.67 Å².